The molecule has 0 saturated carbocycles. The van der Waals surface area contributed by atoms with Crippen LogP contribution in [0.4, 0.5) is 5.69 Å². The molecule has 0 aliphatic rings. The fraction of sp³-hybridized carbons (Fsp3) is 0.143. The Morgan fingerprint density at radius 1 is 1.00 bits per heavy atom. The number of carboxylic acid groups (broad SMARTS) is 1. The van der Waals surface area contributed by atoms with Crippen molar-refractivity contribution in [3.63, 3.8) is 0 Å². The fourth-order valence-electron chi connectivity index (χ4n) is 4.08. The van der Waals surface area contributed by atoms with E-state index in [0.717, 1.165) is 0 Å². The predicted octanol–water partition coefficient (Wildman–Crippen LogP) is 5.13. The molecular formula is C28H23ClN2O6. The number of fused-ring (bicyclic) bond motifs is 1. The van der Waals surface area contributed by atoms with E-state index < -0.39 is 23.9 Å². The number of amides is 1. The number of hydrogen-bond donors (Lipinski definition) is 2. The maximum Gasteiger partial charge on any atom is 0.356 e. The Kier molecular flexibility index (Phi) is 7.40. The summed E-state index contributed by atoms with van der Waals surface area (Å²) in [5.74, 6) is -2.72. The molecule has 0 radical (unpaired) electrons. The predicted molar refractivity (Wildman–Crippen MR) is 141 cm³/mol. The number of esters is 1. The molecule has 4 rings (SSSR count). The lowest BCUT2D eigenvalue weighted by Gasteiger charge is -2.20. The third-order valence-corrected chi connectivity index (χ3v) is 6.27. The van der Waals surface area contributed by atoms with Crippen molar-refractivity contribution >= 4 is 45.9 Å². The van der Waals surface area contributed by atoms with Crippen LogP contribution in [0.5, 0.6) is 0 Å². The van der Waals surface area contributed by atoms with E-state index in [4.69, 9.17) is 16.3 Å². The maximum atomic E-state index is 13.5. The van der Waals surface area contributed by atoms with Crippen LogP contribution in [0.1, 0.15) is 34.2 Å². The van der Waals surface area contributed by atoms with Gasteiger partial charge in [0.05, 0.1) is 16.3 Å². The van der Waals surface area contributed by atoms with Gasteiger partial charge in [0.15, 0.2) is 6.10 Å². The van der Waals surface area contributed by atoms with Gasteiger partial charge in [-0.05, 0) is 41.6 Å². The minimum atomic E-state index is -1.23. The molecule has 0 fully saturated rings. The lowest BCUT2D eigenvalue weighted by Crippen LogP contribution is -2.34. The molecule has 1 atom stereocenters. The van der Waals surface area contributed by atoms with Crippen LogP contribution >= 0.6 is 11.6 Å². The number of aromatic carboxylic acids is 1. The summed E-state index contributed by atoms with van der Waals surface area (Å²) in [6, 6.07) is 20.0. The van der Waals surface area contributed by atoms with Crippen molar-refractivity contribution < 1.29 is 24.2 Å². The number of carboxylic acids is 1. The minimum Gasteiger partial charge on any atom is -0.478 e. The molecule has 1 heterocycles. The Balaban J connectivity index is 1.73. The molecule has 2 N–H and O–H groups in total. The summed E-state index contributed by atoms with van der Waals surface area (Å²) in [6.45, 7) is 1.66. The smallest absolute Gasteiger partial charge is 0.356 e. The van der Waals surface area contributed by atoms with Crippen molar-refractivity contribution in [1.29, 1.82) is 0 Å². The molecule has 9 heteroatoms. The molecule has 4 aromatic rings. The molecule has 188 valence electrons. The van der Waals surface area contributed by atoms with Gasteiger partial charge in [-0.2, -0.15) is 0 Å². The topological polar surface area (TPSA) is 115 Å². The average molecular weight is 519 g/mol. The van der Waals surface area contributed by atoms with E-state index in [1.54, 1.807) is 31.2 Å². The number of nitrogens with one attached hydrogen (secondary N) is 1. The molecule has 37 heavy (non-hydrogen) atoms. The SMILES string of the molecule is CCC(OC(=O)c1c(-c2ccccc2)c2ccccc2c(=O)n1C)C(=O)Nc1cc(C(=O)O)ccc1Cl. The Labute approximate surface area is 217 Å². The standard InChI is InChI=1S/C28H23ClN2O6/c1-3-22(25(32)30-21-15-17(27(34)35)13-14-20(21)29)37-28(36)24-23(16-9-5-4-6-10-16)18-11-7-8-12-19(18)26(33)31(24)2/h4-15,22H,3H2,1-2H3,(H,30,32)(H,34,35). The highest BCUT2D eigenvalue weighted by Crippen LogP contribution is 2.31. The summed E-state index contributed by atoms with van der Waals surface area (Å²) in [4.78, 5) is 50.9. The molecule has 0 saturated heterocycles. The van der Waals surface area contributed by atoms with Crippen molar-refractivity contribution in [3.05, 3.63) is 99.4 Å². The zero-order chi connectivity index (χ0) is 26.7. The molecule has 1 amide bonds. The molecule has 8 nitrogen and oxygen atoms in total. The summed E-state index contributed by atoms with van der Waals surface area (Å²) in [7, 11) is 1.48. The minimum absolute atomic E-state index is 0.00653. The van der Waals surface area contributed by atoms with Gasteiger partial charge >= 0.3 is 11.9 Å². The molecule has 1 aromatic heterocycles. The van der Waals surface area contributed by atoms with Gasteiger partial charge in [-0.15, -0.1) is 0 Å². The number of pyridine rings is 1. The van der Waals surface area contributed by atoms with Gasteiger partial charge in [0.2, 0.25) is 0 Å². The van der Waals surface area contributed by atoms with Crippen LogP contribution in [-0.2, 0) is 16.6 Å². The van der Waals surface area contributed by atoms with Crippen molar-refractivity contribution in [3.8, 4) is 11.1 Å². The van der Waals surface area contributed by atoms with Gasteiger partial charge in [0, 0.05) is 18.0 Å². The van der Waals surface area contributed by atoms with E-state index in [1.807, 2.05) is 30.3 Å². The van der Waals surface area contributed by atoms with Gasteiger partial charge in [-0.25, -0.2) is 9.59 Å². The van der Waals surface area contributed by atoms with Gasteiger partial charge in [-0.1, -0.05) is 67.1 Å². The number of carbonyl (C=O) groups excluding carboxylic acids is 2. The normalized spacial score (nSPS) is 11.6. The summed E-state index contributed by atoms with van der Waals surface area (Å²) < 4.78 is 6.84. The van der Waals surface area contributed by atoms with Gasteiger partial charge < -0.3 is 19.7 Å². The second-order valence-electron chi connectivity index (χ2n) is 8.29. The van der Waals surface area contributed by atoms with Crippen molar-refractivity contribution in [1.82, 2.24) is 4.57 Å². The first-order valence-electron chi connectivity index (χ1n) is 11.4. The average Bonchev–Trinajstić information content (AvgIpc) is 2.90. The number of halogens is 1. The van der Waals surface area contributed by atoms with Gasteiger partial charge in [-0.3, -0.25) is 9.59 Å². The molecule has 3 aromatic carbocycles. The Morgan fingerprint density at radius 2 is 1.65 bits per heavy atom. The third-order valence-electron chi connectivity index (χ3n) is 5.94. The molecular weight excluding hydrogens is 496 g/mol. The maximum absolute atomic E-state index is 13.5. The lowest BCUT2D eigenvalue weighted by molar-refractivity contribution is -0.124. The van der Waals surface area contributed by atoms with Crippen LogP contribution in [0.3, 0.4) is 0 Å². The molecule has 1 unspecified atom stereocenters. The second kappa shape index (κ2) is 10.7. The zero-order valence-corrected chi connectivity index (χ0v) is 20.8. The monoisotopic (exact) mass is 518 g/mol. The highest BCUT2D eigenvalue weighted by Gasteiger charge is 2.28. The highest BCUT2D eigenvalue weighted by molar-refractivity contribution is 6.34. The van der Waals surface area contributed by atoms with E-state index in [9.17, 15) is 24.3 Å². The Bertz CT molecular complexity index is 1580. The lowest BCUT2D eigenvalue weighted by atomic mass is 9.97. The third kappa shape index (κ3) is 5.10. The van der Waals surface area contributed by atoms with E-state index in [1.165, 1.54) is 29.8 Å². The molecule has 0 aliphatic heterocycles. The molecule has 0 spiro atoms. The number of carbonyl (C=O) groups is 3. The number of ether oxygens (including phenoxy) is 1. The largest absolute Gasteiger partial charge is 0.478 e. The Morgan fingerprint density at radius 3 is 2.30 bits per heavy atom. The van der Waals surface area contributed by atoms with Crippen LogP contribution in [0, 0.1) is 0 Å². The quantitative estimate of drug-likeness (QED) is 0.328. The van der Waals surface area contributed by atoms with Crippen LogP contribution in [-0.4, -0.2) is 33.6 Å². The van der Waals surface area contributed by atoms with E-state index in [0.29, 0.717) is 21.9 Å². The van der Waals surface area contributed by atoms with Crippen molar-refractivity contribution in [2.45, 2.75) is 19.4 Å². The van der Waals surface area contributed by atoms with Crippen molar-refractivity contribution in [2.75, 3.05) is 5.32 Å². The number of aromatic nitrogens is 1. The fourth-order valence-corrected chi connectivity index (χ4v) is 4.24. The molecule has 0 bridgehead atoms. The number of anilines is 1. The summed E-state index contributed by atoms with van der Waals surface area (Å²) in [5.41, 5.74) is 0.850. The first-order valence-corrected chi connectivity index (χ1v) is 11.8. The number of nitrogens with zero attached hydrogens (tertiary/aromatic N) is 1. The van der Waals surface area contributed by atoms with Crippen LogP contribution in [0.15, 0.2) is 77.6 Å². The zero-order valence-electron chi connectivity index (χ0n) is 20.0. The van der Waals surface area contributed by atoms with E-state index in [-0.39, 0.29) is 33.9 Å². The second-order valence-corrected chi connectivity index (χ2v) is 8.70. The van der Waals surface area contributed by atoms with E-state index >= 15 is 0 Å². The van der Waals surface area contributed by atoms with Gasteiger partial charge in [0.1, 0.15) is 5.69 Å². The first-order chi connectivity index (χ1) is 17.7. The number of rotatable bonds is 7. The van der Waals surface area contributed by atoms with Crippen LogP contribution in [0.25, 0.3) is 21.9 Å². The van der Waals surface area contributed by atoms with E-state index in [2.05, 4.69) is 5.32 Å². The highest BCUT2D eigenvalue weighted by atomic mass is 35.5. The van der Waals surface area contributed by atoms with Crippen molar-refractivity contribution in [2.24, 2.45) is 7.05 Å². The van der Waals surface area contributed by atoms with Crippen LogP contribution < -0.4 is 10.9 Å². The summed E-state index contributed by atoms with van der Waals surface area (Å²) in [5, 5.41) is 12.9. The number of benzene rings is 3. The van der Waals surface area contributed by atoms with Gasteiger partial charge in [0.25, 0.3) is 11.5 Å². The van der Waals surface area contributed by atoms with Crippen LogP contribution in [0.2, 0.25) is 5.02 Å². The summed E-state index contributed by atoms with van der Waals surface area (Å²) >= 11 is 6.12. The number of hydrogen-bond acceptors (Lipinski definition) is 5. The molecule has 0 aliphatic carbocycles. The summed E-state index contributed by atoms with van der Waals surface area (Å²) in [6.07, 6.45) is -1.11. The Hall–Kier alpha value is -4.43. The first kappa shape index (κ1) is 25.7.